The van der Waals surface area contributed by atoms with Crippen LogP contribution in [0.4, 0.5) is 11.4 Å². The minimum Gasteiger partial charge on any atom is -0.383 e. The maximum Gasteiger partial charge on any atom is 0.150 e. The fourth-order valence-electron chi connectivity index (χ4n) is 4.96. The molecule has 5 aromatic rings. The van der Waals surface area contributed by atoms with E-state index in [0.29, 0.717) is 34.0 Å². The number of nitriles is 2. The van der Waals surface area contributed by atoms with Crippen molar-refractivity contribution in [1.82, 2.24) is 25.0 Å². The number of pyridine rings is 2. The smallest absolute Gasteiger partial charge is 0.150 e. The number of anilines is 2. The number of fused-ring (bicyclic) bond motifs is 2. The van der Waals surface area contributed by atoms with E-state index in [1.165, 1.54) is 0 Å². The molecule has 2 aromatic carbocycles. The van der Waals surface area contributed by atoms with Crippen LogP contribution < -0.4 is 10.6 Å². The SMILES string of the molecule is CC(C)(C)CNc1c(C#N)cnc2c(Cl)cc(NC(c3cn(C4(C#N)CC4)nn3)c3cccc4ncccc34)cc12. The molecule has 0 amide bonds. The molecule has 1 atom stereocenters. The predicted molar refractivity (Wildman–Crippen MR) is 159 cm³/mol. The van der Waals surface area contributed by atoms with Crippen LogP contribution in [0.3, 0.4) is 0 Å². The zero-order chi connectivity index (χ0) is 28.8. The van der Waals surface area contributed by atoms with E-state index in [0.717, 1.165) is 40.4 Å². The summed E-state index contributed by atoms with van der Waals surface area (Å²) in [4.78, 5) is 9.03. The van der Waals surface area contributed by atoms with Crippen LogP contribution in [-0.4, -0.2) is 31.5 Å². The molecule has 1 aliphatic carbocycles. The first-order valence-electron chi connectivity index (χ1n) is 13.4. The van der Waals surface area contributed by atoms with Crippen LogP contribution in [0.5, 0.6) is 0 Å². The van der Waals surface area contributed by atoms with Crippen molar-refractivity contribution in [2.45, 2.75) is 45.2 Å². The Bertz CT molecular complexity index is 1860. The summed E-state index contributed by atoms with van der Waals surface area (Å²) in [5.74, 6) is 0. The van der Waals surface area contributed by atoms with Gasteiger partial charge in [-0.25, -0.2) is 4.68 Å². The highest BCUT2D eigenvalue weighted by molar-refractivity contribution is 6.35. The minimum atomic E-state index is -0.630. The van der Waals surface area contributed by atoms with E-state index in [1.807, 2.05) is 48.7 Å². The van der Waals surface area contributed by atoms with Crippen molar-refractivity contribution >= 4 is 44.8 Å². The number of benzene rings is 2. The molecule has 41 heavy (non-hydrogen) atoms. The van der Waals surface area contributed by atoms with Gasteiger partial charge in [0.15, 0.2) is 5.54 Å². The molecule has 1 saturated carbocycles. The van der Waals surface area contributed by atoms with E-state index >= 15 is 0 Å². The molecule has 0 bridgehead atoms. The minimum absolute atomic E-state index is 0.0103. The number of rotatable bonds is 7. The van der Waals surface area contributed by atoms with Crippen LogP contribution in [0.2, 0.25) is 5.02 Å². The molecule has 6 rings (SSSR count). The molecule has 10 heteroatoms. The van der Waals surface area contributed by atoms with E-state index < -0.39 is 11.6 Å². The lowest BCUT2D eigenvalue weighted by molar-refractivity contribution is 0.443. The van der Waals surface area contributed by atoms with Crippen LogP contribution in [0.25, 0.3) is 21.8 Å². The number of hydrogen-bond donors (Lipinski definition) is 2. The van der Waals surface area contributed by atoms with Crippen LogP contribution >= 0.6 is 11.6 Å². The molecule has 1 fully saturated rings. The summed E-state index contributed by atoms with van der Waals surface area (Å²) in [6.45, 7) is 7.05. The van der Waals surface area contributed by atoms with Gasteiger partial charge in [-0.05, 0) is 48.1 Å². The number of halogens is 1. The predicted octanol–water partition coefficient (Wildman–Crippen LogP) is 6.57. The number of nitrogens with zero attached hydrogens (tertiary/aromatic N) is 7. The second-order valence-electron chi connectivity index (χ2n) is 11.7. The van der Waals surface area contributed by atoms with Crippen LogP contribution in [0, 0.1) is 28.1 Å². The molecule has 1 unspecified atom stereocenters. The summed E-state index contributed by atoms with van der Waals surface area (Å²) in [5.41, 5.74) is 4.30. The Balaban J connectivity index is 1.49. The summed E-state index contributed by atoms with van der Waals surface area (Å²) < 4.78 is 1.67. The third-order valence-electron chi connectivity index (χ3n) is 7.32. The molecule has 1 aliphatic rings. The largest absolute Gasteiger partial charge is 0.383 e. The lowest BCUT2D eigenvalue weighted by Gasteiger charge is -2.23. The molecule has 0 saturated heterocycles. The quantitative estimate of drug-likeness (QED) is 0.228. The number of aromatic nitrogens is 5. The standard InChI is InChI=1S/C31H28ClN9/c1-30(2,3)18-37-27-19(14-33)15-36-28-23(27)12-20(13-24(28)32)38-29(22-6-4-8-25-21(22)7-5-11-35-25)26-16-41(40-39-26)31(17-34)9-10-31/h4-8,11-13,15-16,29,38H,9-10,18H2,1-3H3,(H,36,37). The van der Waals surface area contributed by atoms with Gasteiger partial charge in [-0.1, -0.05) is 55.8 Å². The molecular weight excluding hydrogens is 534 g/mol. The molecule has 0 spiro atoms. The highest BCUT2D eigenvalue weighted by atomic mass is 35.5. The van der Waals surface area contributed by atoms with Gasteiger partial charge in [-0.2, -0.15) is 10.5 Å². The van der Waals surface area contributed by atoms with Crippen molar-refractivity contribution in [2.24, 2.45) is 5.41 Å². The molecule has 204 valence electrons. The Labute approximate surface area is 242 Å². The van der Waals surface area contributed by atoms with E-state index in [1.54, 1.807) is 17.1 Å². The van der Waals surface area contributed by atoms with Gasteiger partial charge in [0.05, 0.1) is 45.6 Å². The molecule has 9 nitrogen and oxygen atoms in total. The Morgan fingerprint density at radius 3 is 2.66 bits per heavy atom. The zero-order valence-electron chi connectivity index (χ0n) is 23.0. The van der Waals surface area contributed by atoms with Gasteiger partial charge in [-0.15, -0.1) is 5.10 Å². The molecule has 2 N–H and O–H groups in total. The molecular formula is C31H28ClN9. The van der Waals surface area contributed by atoms with Gasteiger partial charge < -0.3 is 10.6 Å². The van der Waals surface area contributed by atoms with Crippen molar-refractivity contribution in [3.05, 3.63) is 82.9 Å². The third-order valence-corrected chi connectivity index (χ3v) is 7.61. The third kappa shape index (κ3) is 5.01. The molecule has 0 radical (unpaired) electrons. The van der Waals surface area contributed by atoms with Crippen molar-refractivity contribution < 1.29 is 0 Å². The van der Waals surface area contributed by atoms with E-state index in [-0.39, 0.29) is 5.41 Å². The summed E-state index contributed by atoms with van der Waals surface area (Å²) in [6, 6.07) is 17.9. The Morgan fingerprint density at radius 1 is 1.10 bits per heavy atom. The first-order chi connectivity index (χ1) is 19.7. The van der Waals surface area contributed by atoms with Crippen LogP contribution in [-0.2, 0) is 5.54 Å². The monoisotopic (exact) mass is 561 g/mol. The van der Waals surface area contributed by atoms with Gasteiger partial charge in [0, 0.05) is 35.4 Å². The highest BCUT2D eigenvalue weighted by Gasteiger charge is 2.47. The summed E-state index contributed by atoms with van der Waals surface area (Å²) in [7, 11) is 0. The number of nitrogens with one attached hydrogen (secondary N) is 2. The van der Waals surface area contributed by atoms with E-state index in [2.05, 4.69) is 63.8 Å². The van der Waals surface area contributed by atoms with Gasteiger partial charge in [-0.3, -0.25) is 9.97 Å². The van der Waals surface area contributed by atoms with E-state index in [9.17, 15) is 10.5 Å². The first-order valence-corrected chi connectivity index (χ1v) is 13.8. The van der Waals surface area contributed by atoms with Crippen molar-refractivity contribution in [3.63, 3.8) is 0 Å². The van der Waals surface area contributed by atoms with Crippen molar-refractivity contribution in [3.8, 4) is 12.1 Å². The summed E-state index contributed by atoms with van der Waals surface area (Å²) in [5, 5.41) is 37.7. The second-order valence-corrected chi connectivity index (χ2v) is 12.1. The van der Waals surface area contributed by atoms with Gasteiger partial charge in [0.1, 0.15) is 11.8 Å². The second kappa shape index (κ2) is 10.0. The topological polar surface area (TPSA) is 128 Å². The highest BCUT2D eigenvalue weighted by Crippen LogP contribution is 2.43. The molecule has 3 aromatic heterocycles. The van der Waals surface area contributed by atoms with Crippen LogP contribution in [0.1, 0.15) is 56.5 Å². The Morgan fingerprint density at radius 2 is 1.93 bits per heavy atom. The summed E-state index contributed by atoms with van der Waals surface area (Å²) >= 11 is 6.79. The fraction of sp³-hybridized carbons (Fsp3) is 0.290. The van der Waals surface area contributed by atoms with E-state index in [4.69, 9.17) is 11.6 Å². The first kappa shape index (κ1) is 26.5. The molecule has 0 aliphatic heterocycles. The van der Waals surface area contributed by atoms with Gasteiger partial charge >= 0.3 is 0 Å². The van der Waals surface area contributed by atoms with Crippen molar-refractivity contribution in [1.29, 1.82) is 10.5 Å². The maximum absolute atomic E-state index is 9.86. The van der Waals surface area contributed by atoms with Gasteiger partial charge in [0.2, 0.25) is 0 Å². The Kier molecular flexibility index (Phi) is 6.48. The maximum atomic E-state index is 9.86. The fourth-order valence-corrected chi connectivity index (χ4v) is 5.23. The zero-order valence-corrected chi connectivity index (χ0v) is 23.7. The average molecular weight is 562 g/mol. The average Bonchev–Trinajstić information content (AvgIpc) is 3.61. The normalized spacial score (nSPS) is 14.8. The number of hydrogen-bond acceptors (Lipinski definition) is 8. The van der Waals surface area contributed by atoms with Crippen LogP contribution in [0.15, 0.2) is 61.1 Å². The molecule has 3 heterocycles. The lowest BCUT2D eigenvalue weighted by Crippen LogP contribution is -2.20. The lowest BCUT2D eigenvalue weighted by atomic mass is 9.96. The van der Waals surface area contributed by atoms with Crippen molar-refractivity contribution in [2.75, 3.05) is 17.2 Å². The summed E-state index contributed by atoms with van der Waals surface area (Å²) in [6.07, 6.45) is 6.67. The Hall–Kier alpha value is -4.73. The van der Waals surface area contributed by atoms with Gasteiger partial charge in [0.25, 0.3) is 0 Å².